The Morgan fingerprint density at radius 3 is 2.45 bits per heavy atom. The number of nitro groups is 1. The molecule has 0 aliphatic heterocycles. The van der Waals surface area contributed by atoms with E-state index in [1.807, 2.05) is 0 Å². The van der Waals surface area contributed by atoms with E-state index in [1.54, 1.807) is 13.8 Å². The third kappa shape index (κ3) is 3.04. The molecule has 4 nitrogen and oxygen atoms in total. The summed E-state index contributed by atoms with van der Waals surface area (Å²) in [5.74, 6) is 0. The van der Waals surface area contributed by atoms with Crippen LogP contribution in [0.15, 0.2) is 0 Å². The highest BCUT2D eigenvalue weighted by Crippen LogP contribution is 2.32. The fourth-order valence-corrected chi connectivity index (χ4v) is 0.763. The normalized spacial score (nSPS) is 14.5. The highest BCUT2D eigenvalue weighted by Gasteiger charge is 2.43. The van der Waals surface area contributed by atoms with E-state index in [4.69, 9.17) is 4.74 Å². The minimum absolute atomic E-state index is 0.452. The van der Waals surface area contributed by atoms with Crippen LogP contribution in [0.4, 0.5) is 0 Å². The van der Waals surface area contributed by atoms with Crippen molar-refractivity contribution in [3.8, 4) is 0 Å². The van der Waals surface area contributed by atoms with Crippen LogP contribution >= 0.6 is 31.9 Å². The molecule has 0 bridgehead atoms. The predicted molar refractivity (Wildman–Crippen MR) is 48.7 cm³/mol. The topological polar surface area (TPSA) is 52.4 Å². The van der Waals surface area contributed by atoms with Crippen molar-refractivity contribution in [1.82, 2.24) is 0 Å². The smallest absolute Gasteiger partial charge is 0.352 e. The molecule has 0 aliphatic rings. The van der Waals surface area contributed by atoms with Gasteiger partial charge in [0.05, 0.1) is 4.92 Å². The zero-order chi connectivity index (χ0) is 9.07. The Bertz CT molecular complexity index is 151. The molecule has 66 valence electrons. The van der Waals surface area contributed by atoms with E-state index in [0.29, 0.717) is 6.61 Å². The number of rotatable bonds is 4. The molecule has 1 atom stereocenters. The molecule has 0 rings (SSSR count). The fraction of sp³-hybridized carbons (Fsp3) is 1.00. The van der Waals surface area contributed by atoms with Gasteiger partial charge >= 0.3 is 3.36 Å². The Balaban J connectivity index is 4.17. The molecule has 0 radical (unpaired) electrons. The monoisotopic (exact) mass is 289 g/mol. The van der Waals surface area contributed by atoms with Crippen molar-refractivity contribution < 1.29 is 9.66 Å². The Morgan fingerprint density at radius 2 is 2.18 bits per heavy atom. The molecule has 0 heterocycles. The summed E-state index contributed by atoms with van der Waals surface area (Å²) in [5.41, 5.74) is 0. The van der Waals surface area contributed by atoms with Gasteiger partial charge in [0.1, 0.15) is 6.10 Å². The van der Waals surface area contributed by atoms with Crippen LogP contribution in [-0.2, 0) is 4.74 Å². The molecule has 11 heavy (non-hydrogen) atoms. The fourth-order valence-electron chi connectivity index (χ4n) is 0.499. The quantitative estimate of drug-likeness (QED) is 0.345. The SMILES string of the molecule is CCOC(C)C(Br)(Br)[N+](=O)[O-]. The number of hydrogen-bond donors (Lipinski definition) is 0. The summed E-state index contributed by atoms with van der Waals surface area (Å²) < 4.78 is 3.67. The van der Waals surface area contributed by atoms with E-state index < -0.39 is 14.4 Å². The van der Waals surface area contributed by atoms with E-state index in [9.17, 15) is 10.1 Å². The van der Waals surface area contributed by atoms with Crippen LogP contribution in [0, 0.1) is 10.1 Å². The van der Waals surface area contributed by atoms with Gasteiger partial charge < -0.3 is 4.74 Å². The van der Waals surface area contributed by atoms with Crippen molar-refractivity contribution in [2.45, 2.75) is 23.3 Å². The second kappa shape index (κ2) is 4.37. The molecular weight excluding hydrogens is 282 g/mol. The van der Waals surface area contributed by atoms with E-state index in [1.165, 1.54) is 0 Å². The number of halogens is 2. The summed E-state index contributed by atoms with van der Waals surface area (Å²) in [6.07, 6.45) is -0.512. The first kappa shape index (κ1) is 11.3. The Kier molecular flexibility index (Phi) is 4.50. The highest BCUT2D eigenvalue weighted by atomic mass is 79.9. The van der Waals surface area contributed by atoms with Gasteiger partial charge in [-0.1, -0.05) is 0 Å². The molecule has 0 aromatic heterocycles. The number of alkyl halides is 2. The van der Waals surface area contributed by atoms with Crippen LogP contribution in [0.2, 0.25) is 0 Å². The van der Waals surface area contributed by atoms with Crippen LogP contribution in [-0.4, -0.2) is 21.0 Å². The second-order valence-electron chi connectivity index (χ2n) is 1.94. The van der Waals surface area contributed by atoms with Crippen LogP contribution in [0.1, 0.15) is 13.8 Å². The van der Waals surface area contributed by atoms with E-state index in [0.717, 1.165) is 0 Å². The minimum atomic E-state index is -1.37. The third-order valence-electron chi connectivity index (χ3n) is 1.15. The van der Waals surface area contributed by atoms with Crippen molar-refractivity contribution >= 4 is 31.9 Å². The van der Waals surface area contributed by atoms with Gasteiger partial charge in [0.25, 0.3) is 0 Å². The lowest BCUT2D eigenvalue weighted by atomic mass is 10.4. The summed E-state index contributed by atoms with van der Waals surface area (Å²) in [6, 6.07) is 0. The maximum Gasteiger partial charge on any atom is 0.352 e. The van der Waals surface area contributed by atoms with Gasteiger partial charge in [-0.25, -0.2) is 0 Å². The Labute approximate surface area is 81.7 Å². The molecule has 0 amide bonds. The van der Waals surface area contributed by atoms with Crippen LogP contribution < -0.4 is 0 Å². The van der Waals surface area contributed by atoms with E-state index in [2.05, 4.69) is 31.9 Å². The minimum Gasteiger partial charge on any atom is -0.369 e. The zero-order valence-corrected chi connectivity index (χ0v) is 9.38. The lowest BCUT2D eigenvalue weighted by Crippen LogP contribution is -2.37. The summed E-state index contributed by atoms with van der Waals surface area (Å²) in [5, 5.41) is 10.4. The lowest BCUT2D eigenvalue weighted by molar-refractivity contribution is -0.515. The molecule has 1 unspecified atom stereocenters. The van der Waals surface area contributed by atoms with Gasteiger partial charge in [0.15, 0.2) is 0 Å². The molecular formula is C5H9Br2NO3. The number of ether oxygens (including phenoxy) is 1. The predicted octanol–water partition coefficient (Wildman–Crippen LogP) is 2.13. The molecule has 0 aromatic rings. The first-order valence-electron chi connectivity index (χ1n) is 3.06. The molecule has 0 spiro atoms. The Morgan fingerprint density at radius 1 is 1.73 bits per heavy atom. The first-order valence-corrected chi connectivity index (χ1v) is 4.65. The maximum absolute atomic E-state index is 10.4. The molecule has 0 saturated heterocycles. The molecule has 0 fully saturated rings. The lowest BCUT2D eigenvalue weighted by Gasteiger charge is -2.18. The maximum atomic E-state index is 10.4. The van der Waals surface area contributed by atoms with E-state index in [-0.39, 0.29) is 0 Å². The van der Waals surface area contributed by atoms with Gasteiger partial charge in [-0.05, 0) is 13.8 Å². The largest absolute Gasteiger partial charge is 0.369 e. The summed E-state index contributed by atoms with van der Waals surface area (Å²) >= 11 is 5.81. The first-order chi connectivity index (χ1) is 4.92. The van der Waals surface area contributed by atoms with Gasteiger partial charge in [0.2, 0.25) is 0 Å². The highest BCUT2D eigenvalue weighted by molar-refractivity contribution is 9.25. The number of nitrogens with zero attached hydrogens (tertiary/aromatic N) is 1. The average Bonchev–Trinajstić information content (AvgIpc) is 1.88. The van der Waals surface area contributed by atoms with Crippen LogP contribution in [0.3, 0.4) is 0 Å². The molecule has 6 heteroatoms. The van der Waals surface area contributed by atoms with Crippen molar-refractivity contribution in [3.63, 3.8) is 0 Å². The van der Waals surface area contributed by atoms with Crippen molar-refractivity contribution in [2.75, 3.05) is 6.61 Å². The Hall–Kier alpha value is 0.320. The van der Waals surface area contributed by atoms with Gasteiger partial charge in [-0.15, -0.1) is 0 Å². The van der Waals surface area contributed by atoms with Crippen LogP contribution in [0.5, 0.6) is 0 Å². The van der Waals surface area contributed by atoms with E-state index >= 15 is 0 Å². The zero-order valence-electron chi connectivity index (χ0n) is 6.21. The van der Waals surface area contributed by atoms with Crippen molar-refractivity contribution in [2.24, 2.45) is 0 Å². The van der Waals surface area contributed by atoms with Gasteiger partial charge in [0, 0.05) is 38.5 Å². The summed E-state index contributed by atoms with van der Waals surface area (Å²) in [7, 11) is 0. The summed E-state index contributed by atoms with van der Waals surface area (Å²) in [6.45, 7) is 3.86. The van der Waals surface area contributed by atoms with Gasteiger partial charge in [-0.2, -0.15) is 0 Å². The van der Waals surface area contributed by atoms with Crippen LogP contribution in [0.25, 0.3) is 0 Å². The number of hydrogen-bond acceptors (Lipinski definition) is 3. The third-order valence-corrected chi connectivity index (χ3v) is 3.02. The van der Waals surface area contributed by atoms with Crippen molar-refractivity contribution in [1.29, 1.82) is 0 Å². The van der Waals surface area contributed by atoms with Crippen molar-refractivity contribution in [3.05, 3.63) is 10.1 Å². The second-order valence-corrected chi connectivity index (χ2v) is 5.42. The average molecular weight is 291 g/mol. The summed E-state index contributed by atoms with van der Waals surface area (Å²) in [4.78, 5) is 9.89. The molecule has 0 N–H and O–H groups in total. The molecule has 0 aliphatic carbocycles. The van der Waals surface area contributed by atoms with Gasteiger partial charge in [-0.3, -0.25) is 10.1 Å². The molecule has 0 saturated carbocycles. The molecule has 0 aromatic carbocycles. The standard InChI is InChI=1S/C5H9Br2NO3/c1-3-11-4(2)5(6,7)8(9)10/h4H,3H2,1-2H3.